The highest BCUT2D eigenvalue weighted by Crippen LogP contribution is 2.24. The van der Waals surface area contributed by atoms with Crippen LogP contribution in [0.1, 0.15) is 24.7 Å². The van der Waals surface area contributed by atoms with Crippen LogP contribution in [0.2, 0.25) is 5.02 Å². The van der Waals surface area contributed by atoms with E-state index in [2.05, 4.69) is 20.8 Å². The summed E-state index contributed by atoms with van der Waals surface area (Å²) in [4.78, 5) is 24.3. The van der Waals surface area contributed by atoms with Crippen LogP contribution in [0, 0.1) is 6.92 Å². The largest absolute Gasteiger partial charge is 0.463 e. The van der Waals surface area contributed by atoms with E-state index in [0.29, 0.717) is 27.3 Å². The first-order valence-corrected chi connectivity index (χ1v) is 9.38. The van der Waals surface area contributed by atoms with Crippen LogP contribution in [0.4, 0.5) is 5.69 Å². The Hall–Kier alpha value is -2.58. The molecule has 1 atom stereocenters. The Bertz CT molecular complexity index is 925. The summed E-state index contributed by atoms with van der Waals surface area (Å²) < 4.78 is 5.22. The van der Waals surface area contributed by atoms with Gasteiger partial charge in [0.1, 0.15) is 16.7 Å². The Labute approximate surface area is 165 Å². The van der Waals surface area contributed by atoms with E-state index >= 15 is 0 Å². The van der Waals surface area contributed by atoms with Crippen LogP contribution < -0.4 is 10.6 Å². The number of hydrogen-bond acceptors (Lipinski definition) is 6. The Balaban J connectivity index is 1.58. The van der Waals surface area contributed by atoms with Gasteiger partial charge in [-0.2, -0.15) is 0 Å². The SMILES string of the molecule is CC(=N/N=C1/NC(=O)C(CC(=O)Nc2ccc(C)c(Cl)c2)S1)c1ccco1. The lowest BCUT2D eigenvalue weighted by atomic mass is 10.2. The number of carbonyl (C=O) groups is 2. The standard InChI is InChI=1S/C18H17ClN4O3S/c1-10-5-6-12(8-13(10)19)20-16(24)9-15-17(25)21-18(27-15)23-22-11(2)14-4-3-7-26-14/h3-8,15H,9H2,1-2H3,(H,20,24)(H,21,23,25). The fourth-order valence-electron chi connectivity index (χ4n) is 2.29. The Morgan fingerprint density at radius 1 is 1.41 bits per heavy atom. The number of nitrogens with one attached hydrogen (secondary N) is 2. The molecule has 1 saturated heterocycles. The minimum Gasteiger partial charge on any atom is -0.463 e. The summed E-state index contributed by atoms with van der Waals surface area (Å²) >= 11 is 7.22. The molecule has 0 saturated carbocycles. The molecular formula is C18H17ClN4O3S. The van der Waals surface area contributed by atoms with Gasteiger partial charge in [-0.3, -0.25) is 9.59 Å². The quantitative estimate of drug-likeness (QED) is 0.588. The van der Waals surface area contributed by atoms with Crippen molar-refractivity contribution in [3.05, 3.63) is 52.9 Å². The number of thioether (sulfide) groups is 1. The van der Waals surface area contributed by atoms with Crippen molar-refractivity contribution < 1.29 is 14.0 Å². The maximum Gasteiger partial charge on any atom is 0.240 e. The highest BCUT2D eigenvalue weighted by molar-refractivity contribution is 8.15. The van der Waals surface area contributed by atoms with E-state index in [1.807, 2.05) is 13.0 Å². The van der Waals surface area contributed by atoms with Crippen molar-refractivity contribution in [1.29, 1.82) is 0 Å². The highest BCUT2D eigenvalue weighted by atomic mass is 35.5. The fraction of sp³-hybridized carbons (Fsp3) is 0.222. The molecule has 3 rings (SSSR count). The molecule has 140 valence electrons. The number of anilines is 1. The molecule has 1 aliphatic heterocycles. The van der Waals surface area contributed by atoms with Crippen LogP contribution in [0.25, 0.3) is 0 Å². The van der Waals surface area contributed by atoms with Crippen LogP contribution in [-0.2, 0) is 9.59 Å². The number of furan rings is 1. The maximum absolute atomic E-state index is 12.2. The van der Waals surface area contributed by atoms with Crippen molar-refractivity contribution in [3.8, 4) is 0 Å². The number of nitrogens with zero attached hydrogens (tertiary/aromatic N) is 2. The molecule has 7 nitrogen and oxygen atoms in total. The third kappa shape index (κ3) is 4.99. The fourth-order valence-corrected chi connectivity index (χ4v) is 3.39. The molecule has 2 heterocycles. The Kier molecular flexibility index (Phi) is 5.98. The second kappa shape index (κ2) is 8.41. The van der Waals surface area contributed by atoms with Crippen LogP contribution in [-0.4, -0.2) is 27.9 Å². The molecule has 1 aromatic carbocycles. The zero-order valence-electron chi connectivity index (χ0n) is 14.7. The van der Waals surface area contributed by atoms with E-state index in [1.165, 1.54) is 11.8 Å². The molecular weight excluding hydrogens is 388 g/mol. The zero-order chi connectivity index (χ0) is 19.4. The monoisotopic (exact) mass is 404 g/mol. The van der Waals surface area contributed by atoms with Gasteiger partial charge in [-0.05, 0) is 43.7 Å². The number of rotatable bonds is 5. The highest BCUT2D eigenvalue weighted by Gasteiger charge is 2.32. The minimum atomic E-state index is -0.566. The van der Waals surface area contributed by atoms with E-state index in [4.69, 9.17) is 16.0 Å². The average Bonchev–Trinajstić information content (AvgIpc) is 3.27. The summed E-state index contributed by atoms with van der Waals surface area (Å²) in [5.74, 6) is 0.0436. The Morgan fingerprint density at radius 3 is 2.93 bits per heavy atom. The molecule has 0 bridgehead atoms. The number of amidine groups is 1. The molecule has 1 fully saturated rings. The van der Waals surface area contributed by atoms with E-state index in [1.54, 1.807) is 37.5 Å². The van der Waals surface area contributed by atoms with Gasteiger partial charge < -0.3 is 15.1 Å². The summed E-state index contributed by atoms with van der Waals surface area (Å²) in [6.45, 7) is 3.63. The summed E-state index contributed by atoms with van der Waals surface area (Å²) in [5, 5.41) is 13.8. The first-order chi connectivity index (χ1) is 12.9. The van der Waals surface area contributed by atoms with Gasteiger partial charge in [0.05, 0.1) is 6.26 Å². The number of aryl methyl sites for hydroxylation is 1. The molecule has 9 heteroatoms. The predicted octanol–water partition coefficient (Wildman–Crippen LogP) is 3.58. The van der Waals surface area contributed by atoms with E-state index in [0.717, 1.165) is 5.56 Å². The summed E-state index contributed by atoms with van der Waals surface area (Å²) in [5.41, 5.74) is 2.10. The second-order valence-corrected chi connectivity index (χ2v) is 7.48. The molecule has 27 heavy (non-hydrogen) atoms. The lowest BCUT2D eigenvalue weighted by Crippen LogP contribution is -2.28. The molecule has 2 amide bonds. The van der Waals surface area contributed by atoms with Gasteiger partial charge in [-0.15, -0.1) is 10.2 Å². The van der Waals surface area contributed by atoms with Gasteiger partial charge in [0.25, 0.3) is 0 Å². The van der Waals surface area contributed by atoms with Crippen molar-refractivity contribution in [2.24, 2.45) is 10.2 Å². The Morgan fingerprint density at radius 2 is 2.22 bits per heavy atom. The normalized spacial score (nSPS) is 18.6. The zero-order valence-corrected chi connectivity index (χ0v) is 16.2. The first-order valence-electron chi connectivity index (χ1n) is 8.12. The van der Waals surface area contributed by atoms with Gasteiger partial charge in [-0.1, -0.05) is 29.4 Å². The summed E-state index contributed by atoms with van der Waals surface area (Å²) in [7, 11) is 0. The summed E-state index contributed by atoms with van der Waals surface area (Å²) in [6, 6.07) is 8.78. The van der Waals surface area contributed by atoms with Crippen molar-refractivity contribution in [2.75, 3.05) is 5.32 Å². The molecule has 1 unspecified atom stereocenters. The summed E-state index contributed by atoms with van der Waals surface area (Å²) in [6.07, 6.45) is 1.56. The lowest BCUT2D eigenvalue weighted by Gasteiger charge is -2.08. The van der Waals surface area contributed by atoms with Crippen LogP contribution >= 0.6 is 23.4 Å². The number of halogens is 1. The minimum absolute atomic E-state index is 0.0158. The van der Waals surface area contributed by atoms with E-state index in [-0.39, 0.29) is 18.2 Å². The predicted molar refractivity (Wildman–Crippen MR) is 107 cm³/mol. The van der Waals surface area contributed by atoms with Gasteiger partial charge in [-0.25, -0.2) is 0 Å². The molecule has 2 N–H and O–H groups in total. The maximum atomic E-state index is 12.2. The number of amides is 2. The third-order valence-corrected chi connectivity index (χ3v) is 5.25. The van der Waals surface area contributed by atoms with Crippen LogP contribution in [0.3, 0.4) is 0 Å². The molecule has 1 aromatic heterocycles. The second-order valence-electron chi connectivity index (χ2n) is 5.88. The van der Waals surface area contributed by atoms with Gasteiger partial charge in [0, 0.05) is 17.1 Å². The third-order valence-electron chi connectivity index (χ3n) is 3.77. The van der Waals surface area contributed by atoms with Gasteiger partial charge in [0.2, 0.25) is 11.8 Å². The molecule has 0 aliphatic carbocycles. The van der Waals surface area contributed by atoms with E-state index < -0.39 is 5.25 Å². The van der Waals surface area contributed by atoms with Crippen LogP contribution in [0.15, 0.2) is 51.2 Å². The molecule has 0 radical (unpaired) electrons. The van der Waals surface area contributed by atoms with Crippen molar-refractivity contribution >= 4 is 51.7 Å². The van der Waals surface area contributed by atoms with Crippen molar-refractivity contribution in [3.63, 3.8) is 0 Å². The average molecular weight is 405 g/mol. The van der Waals surface area contributed by atoms with E-state index in [9.17, 15) is 9.59 Å². The van der Waals surface area contributed by atoms with Crippen molar-refractivity contribution in [1.82, 2.24) is 5.32 Å². The number of carbonyl (C=O) groups excluding carboxylic acids is 2. The number of hydrogen-bond donors (Lipinski definition) is 2. The van der Waals surface area contributed by atoms with Gasteiger partial charge in [0.15, 0.2) is 5.17 Å². The molecule has 1 aliphatic rings. The van der Waals surface area contributed by atoms with Gasteiger partial charge >= 0.3 is 0 Å². The first kappa shape index (κ1) is 19.2. The molecule has 0 spiro atoms. The topological polar surface area (TPSA) is 96.1 Å². The molecule has 2 aromatic rings. The smallest absolute Gasteiger partial charge is 0.240 e. The lowest BCUT2D eigenvalue weighted by molar-refractivity contribution is -0.122. The number of benzene rings is 1. The van der Waals surface area contributed by atoms with Crippen molar-refractivity contribution in [2.45, 2.75) is 25.5 Å². The van der Waals surface area contributed by atoms with Crippen LogP contribution in [0.5, 0.6) is 0 Å².